The molecule has 5 heteroatoms. The lowest BCUT2D eigenvalue weighted by Gasteiger charge is -2.16. The number of Topliss-reactive ketones (excluding diaryl/α,β-unsaturated/α-hetero) is 1. The number of carbonyl (C=O) groups is 1. The number of nitrogen functional groups attached to an aromatic ring is 1. The average molecular weight is 276 g/mol. The minimum Gasteiger partial charge on any atom is -0.399 e. The Morgan fingerprint density at radius 1 is 1.37 bits per heavy atom. The number of hydrogen-bond donors (Lipinski definition) is 2. The molecular formula is C14H14ClN3O. The van der Waals surface area contributed by atoms with Gasteiger partial charge in [0.2, 0.25) is 0 Å². The number of nitrogens with one attached hydrogen (secondary N) is 1. The van der Waals surface area contributed by atoms with Crippen molar-refractivity contribution in [1.82, 2.24) is 0 Å². The number of benzene rings is 1. The van der Waals surface area contributed by atoms with Gasteiger partial charge in [-0.15, -0.1) is 11.6 Å². The summed E-state index contributed by atoms with van der Waals surface area (Å²) < 4.78 is 0. The zero-order valence-corrected chi connectivity index (χ0v) is 11.5. The fraction of sp³-hybridized carbons (Fsp3) is 0.214. The number of nitrogens with two attached hydrogens (primary N) is 1. The van der Waals surface area contributed by atoms with E-state index in [1.807, 2.05) is 13.0 Å². The van der Waals surface area contributed by atoms with Gasteiger partial charge in [0.1, 0.15) is 5.38 Å². The Labute approximate surface area is 116 Å². The topological polar surface area (TPSA) is 79.3 Å². The second kappa shape index (κ2) is 4.97. The van der Waals surface area contributed by atoms with Crippen LogP contribution in [0.3, 0.4) is 0 Å². The van der Waals surface area contributed by atoms with Crippen LogP contribution in [0, 0.1) is 12.3 Å². The number of aryl methyl sites for hydroxylation is 1. The van der Waals surface area contributed by atoms with Crippen molar-refractivity contribution < 1.29 is 4.79 Å². The molecule has 0 spiro atoms. The monoisotopic (exact) mass is 275 g/mol. The van der Waals surface area contributed by atoms with Gasteiger partial charge in [-0.1, -0.05) is 0 Å². The molecule has 0 saturated carbocycles. The molecule has 19 heavy (non-hydrogen) atoms. The predicted molar refractivity (Wildman–Crippen MR) is 78.8 cm³/mol. The van der Waals surface area contributed by atoms with E-state index in [0.29, 0.717) is 22.7 Å². The zero-order chi connectivity index (χ0) is 14.2. The van der Waals surface area contributed by atoms with Gasteiger partial charge in [-0.2, -0.15) is 0 Å². The van der Waals surface area contributed by atoms with E-state index in [2.05, 4.69) is 4.99 Å². The van der Waals surface area contributed by atoms with Crippen LogP contribution in [0.15, 0.2) is 34.8 Å². The minimum atomic E-state index is -0.946. The number of nitrogens with zero attached hydrogens (tertiary/aromatic N) is 1. The molecule has 0 amide bonds. The van der Waals surface area contributed by atoms with Gasteiger partial charge in [0, 0.05) is 5.69 Å². The highest BCUT2D eigenvalue weighted by molar-refractivity contribution is 6.63. The van der Waals surface area contributed by atoms with Crippen molar-refractivity contribution in [2.45, 2.75) is 19.2 Å². The Morgan fingerprint density at radius 2 is 2.05 bits per heavy atom. The van der Waals surface area contributed by atoms with E-state index >= 15 is 0 Å². The van der Waals surface area contributed by atoms with Crippen LogP contribution in [0.2, 0.25) is 0 Å². The quantitative estimate of drug-likeness (QED) is 0.610. The van der Waals surface area contributed by atoms with Crippen LogP contribution in [0.5, 0.6) is 0 Å². The number of carbonyl (C=O) groups excluding carboxylic acids is 1. The van der Waals surface area contributed by atoms with Crippen LogP contribution in [0.4, 0.5) is 11.4 Å². The van der Waals surface area contributed by atoms with E-state index in [1.165, 1.54) is 0 Å². The van der Waals surface area contributed by atoms with Gasteiger partial charge in [0.05, 0.1) is 17.1 Å². The van der Waals surface area contributed by atoms with Crippen LogP contribution >= 0.6 is 11.6 Å². The summed E-state index contributed by atoms with van der Waals surface area (Å²) >= 11 is 5.91. The maximum absolute atomic E-state index is 11.6. The van der Waals surface area contributed by atoms with Gasteiger partial charge in [-0.25, -0.2) is 4.99 Å². The second-order valence-electron chi connectivity index (χ2n) is 4.51. The zero-order valence-electron chi connectivity index (χ0n) is 10.7. The van der Waals surface area contributed by atoms with Crippen molar-refractivity contribution in [2.75, 3.05) is 5.73 Å². The SMILES string of the molecule is CC1=CC(=Nc2ccc(N)c(C)c2)C(=N)C(Cl)C1=O. The molecule has 1 aliphatic carbocycles. The summed E-state index contributed by atoms with van der Waals surface area (Å²) in [7, 11) is 0. The van der Waals surface area contributed by atoms with E-state index in [-0.39, 0.29) is 11.5 Å². The lowest BCUT2D eigenvalue weighted by atomic mass is 9.95. The predicted octanol–water partition coefficient (Wildman–Crippen LogP) is 2.81. The van der Waals surface area contributed by atoms with Gasteiger partial charge >= 0.3 is 0 Å². The summed E-state index contributed by atoms with van der Waals surface area (Å²) in [6, 6.07) is 5.37. The molecule has 1 aromatic rings. The first kappa shape index (κ1) is 13.5. The van der Waals surface area contributed by atoms with Gasteiger partial charge in [-0.3, -0.25) is 4.79 Å². The number of halogens is 1. The first-order chi connectivity index (χ1) is 8.90. The molecule has 98 valence electrons. The standard InChI is InChI=1S/C14H14ClN3O/c1-7-5-9(3-4-10(7)16)18-11-6-8(2)14(19)12(15)13(11)17/h3-6,12,17H,16H2,1-2H3. The highest BCUT2D eigenvalue weighted by Gasteiger charge is 2.29. The Balaban J connectivity index is 2.45. The average Bonchev–Trinajstić information content (AvgIpc) is 2.38. The number of ketones is 1. The molecule has 1 aliphatic rings. The van der Waals surface area contributed by atoms with Crippen LogP contribution < -0.4 is 5.73 Å². The highest BCUT2D eigenvalue weighted by Crippen LogP contribution is 2.22. The van der Waals surface area contributed by atoms with Gasteiger partial charge in [0.25, 0.3) is 0 Å². The van der Waals surface area contributed by atoms with Crippen LogP contribution in [-0.4, -0.2) is 22.6 Å². The summed E-state index contributed by atoms with van der Waals surface area (Å²) in [5.74, 6) is -0.237. The molecule has 0 bridgehead atoms. The Kier molecular flexibility index (Phi) is 3.53. The molecule has 4 nitrogen and oxygen atoms in total. The molecule has 0 fully saturated rings. The summed E-state index contributed by atoms with van der Waals surface area (Å²) in [6.07, 6.45) is 1.59. The minimum absolute atomic E-state index is 0.0340. The van der Waals surface area contributed by atoms with Crippen LogP contribution in [0.25, 0.3) is 0 Å². The lowest BCUT2D eigenvalue weighted by molar-refractivity contribution is -0.114. The fourth-order valence-electron chi connectivity index (χ4n) is 1.78. The highest BCUT2D eigenvalue weighted by atomic mass is 35.5. The largest absolute Gasteiger partial charge is 0.399 e. The third-order valence-corrected chi connectivity index (χ3v) is 3.42. The molecule has 3 N–H and O–H groups in total. The number of anilines is 1. The third kappa shape index (κ3) is 2.58. The number of aliphatic imine (C=N–C) groups is 1. The van der Waals surface area contributed by atoms with Crippen molar-refractivity contribution >= 4 is 40.2 Å². The molecule has 0 heterocycles. The van der Waals surface area contributed by atoms with Crippen molar-refractivity contribution in [3.8, 4) is 0 Å². The molecular weight excluding hydrogens is 262 g/mol. The van der Waals surface area contributed by atoms with E-state index in [9.17, 15) is 4.79 Å². The van der Waals surface area contributed by atoms with Gasteiger partial charge in [-0.05, 0) is 49.3 Å². The van der Waals surface area contributed by atoms with Gasteiger partial charge < -0.3 is 11.1 Å². The fourth-order valence-corrected chi connectivity index (χ4v) is 2.06. The van der Waals surface area contributed by atoms with Crippen molar-refractivity contribution in [3.63, 3.8) is 0 Å². The molecule has 0 radical (unpaired) electrons. The van der Waals surface area contributed by atoms with Crippen molar-refractivity contribution in [1.29, 1.82) is 5.41 Å². The molecule has 0 aliphatic heterocycles. The third-order valence-electron chi connectivity index (χ3n) is 3.00. The van der Waals surface area contributed by atoms with E-state index in [4.69, 9.17) is 22.7 Å². The molecule has 0 aromatic heterocycles. The van der Waals surface area contributed by atoms with E-state index in [0.717, 1.165) is 5.56 Å². The van der Waals surface area contributed by atoms with E-state index in [1.54, 1.807) is 25.1 Å². The molecule has 0 saturated heterocycles. The normalized spacial score (nSPS) is 21.7. The summed E-state index contributed by atoms with van der Waals surface area (Å²) in [6.45, 7) is 3.56. The number of rotatable bonds is 1. The Bertz CT molecular complexity index is 632. The van der Waals surface area contributed by atoms with E-state index < -0.39 is 5.38 Å². The van der Waals surface area contributed by atoms with Crippen LogP contribution in [0.1, 0.15) is 12.5 Å². The molecule has 1 atom stereocenters. The maximum Gasteiger partial charge on any atom is 0.182 e. The Morgan fingerprint density at radius 3 is 2.68 bits per heavy atom. The van der Waals surface area contributed by atoms with Gasteiger partial charge in [0.15, 0.2) is 5.78 Å². The smallest absolute Gasteiger partial charge is 0.182 e. The first-order valence-electron chi connectivity index (χ1n) is 5.80. The number of hydrogen-bond acceptors (Lipinski definition) is 4. The van der Waals surface area contributed by atoms with Crippen molar-refractivity contribution in [3.05, 3.63) is 35.4 Å². The molecule has 2 rings (SSSR count). The summed E-state index contributed by atoms with van der Waals surface area (Å²) in [4.78, 5) is 16.0. The Hall–Kier alpha value is -1.94. The second-order valence-corrected chi connectivity index (χ2v) is 4.94. The number of allylic oxidation sites excluding steroid dienone is 2. The first-order valence-corrected chi connectivity index (χ1v) is 6.24. The molecule has 1 aromatic carbocycles. The summed E-state index contributed by atoms with van der Waals surface area (Å²) in [5, 5.41) is 6.92. The number of alkyl halides is 1. The summed E-state index contributed by atoms with van der Waals surface area (Å²) in [5.41, 5.74) is 9.01. The lowest BCUT2D eigenvalue weighted by Crippen LogP contribution is -2.34. The van der Waals surface area contributed by atoms with Crippen LogP contribution in [-0.2, 0) is 4.79 Å². The maximum atomic E-state index is 11.6. The van der Waals surface area contributed by atoms with Crippen molar-refractivity contribution in [2.24, 2.45) is 4.99 Å². The molecule has 1 unspecified atom stereocenters.